The Balaban J connectivity index is 4.45. The molecule has 0 aromatic rings. The molecule has 0 aromatic heterocycles. The zero-order valence-electron chi connectivity index (χ0n) is 47.8. The second-order valence-electron chi connectivity index (χ2n) is 19.5. The molecule has 0 N–H and O–H groups in total. The number of esters is 3. The van der Waals surface area contributed by atoms with Crippen LogP contribution in [0.2, 0.25) is 0 Å². The minimum atomic E-state index is -0.809. The van der Waals surface area contributed by atoms with E-state index in [-0.39, 0.29) is 31.1 Å². The molecule has 0 saturated heterocycles. The van der Waals surface area contributed by atoms with Gasteiger partial charge in [0.25, 0.3) is 0 Å². The summed E-state index contributed by atoms with van der Waals surface area (Å²) in [5, 5.41) is 0. The molecule has 6 heteroatoms. The van der Waals surface area contributed by atoms with Crippen molar-refractivity contribution in [2.75, 3.05) is 13.2 Å². The third-order valence-corrected chi connectivity index (χ3v) is 12.4. The number of hydrogen-bond donors (Lipinski definition) is 0. The minimum Gasteiger partial charge on any atom is -0.462 e. The van der Waals surface area contributed by atoms with Crippen LogP contribution in [0.1, 0.15) is 258 Å². The van der Waals surface area contributed by atoms with Crippen LogP contribution < -0.4 is 0 Å². The molecular formula is C68H110O6. The summed E-state index contributed by atoms with van der Waals surface area (Å²) in [7, 11) is 0. The number of ether oxygens (including phenoxy) is 3. The van der Waals surface area contributed by atoms with Crippen molar-refractivity contribution in [2.45, 2.75) is 264 Å². The van der Waals surface area contributed by atoms with Crippen LogP contribution in [0.15, 0.2) is 134 Å². The predicted molar refractivity (Wildman–Crippen MR) is 320 cm³/mol. The van der Waals surface area contributed by atoms with Crippen molar-refractivity contribution in [1.29, 1.82) is 0 Å². The molecule has 74 heavy (non-hydrogen) atoms. The Kier molecular flexibility index (Phi) is 57.4. The van der Waals surface area contributed by atoms with E-state index in [9.17, 15) is 14.4 Å². The molecule has 0 aliphatic rings. The lowest BCUT2D eigenvalue weighted by molar-refractivity contribution is -0.167. The summed E-state index contributed by atoms with van der Waals surface area (Å²) in [6.07, 6.45) is 85.9. The standard InChI is InChI=1S/C68H110O6/c1-4-7-10-13-16-19-22-25-28-29-30-31-32-33-34-35-36-37-38-39-41-43-46-49-52-55-58-61-67(70)73-64-65(63-72-66(69)60-57-54-51-48-45-42-27-24-21-18-15-12-9-6-3)74-68(71)62-59-56-53-50-47-44-40-26-23-20-17-14-11-8-5-2/h7-8,10-11,16-17,19-20,25-26,28,30-31,33-34,36-37,39-41,46,49,65H,4-6,9,12-15,18,21-24,27,29,32,35,38,42-45,47-48,50-64H2,1-3H3/b10-7-,11-8-,19-16-,20-17-,28-25-,31-30-,34-33-,37-36-,40-26-,41-39-,49-46-. The van der Waals surface area contributed by atoms with E-state index < -0.39 is 6.10 Å². The maximum Gasteiger partial charge on any atom is 0.306 e. The first-order valence-corrected chi connectivity index (χ1v) is 30.2. The van der Waals surface area contributed by atoms with Gasteiger partial charge in [-0.25, -0.2) is 0 Å². The van der Waals surface area contributed by atoms with Gasteiger partial charge in [-0.3, -0.25) is 14.4 Å². The summed E-state index contributed by atoms with van der Waals surface area (Å²) < 4.78 is 16.8. The van der Waals surface area contributed by atoms with E-state index in [1.54, 1.807) is 0 Å². The Morgan fingerprint density at radius 1 is 0.284 bits per heavy atom. The van der Waals surface area contributed by atoms with Gasteiger partial charge in [0.1, 0.15) is 13.2 Å². The van der Waals surface area contributed by atoms with Gasteiger partial charge in [-0.1, -0.05) is 257 Å². The van der Waals surface area contributed by atoms with Crippen LogP contribution in [0.25, 0.3) is 0 Å². The Hall–Kier alpha value is -4.45. The van der Waals surface area contributed by atoms with Gasteiger partial charge in [0.15, 0.2) is 6.10 Å². The van der Waals surface area contributed by atoms with Gasteiger partial charge in [-0.2, -0.15) is 0 Å². The molecule has 1 atom stereocenters. The molecule has 0 amide bonds. The molecule has 0 spiro atoms. The average Bonchev–Trinajstić information content (AvgIpc) is 3.40. The second kappa shape index (κ2) is 61.1. The first kappa shape index (κ1) is 69.5. The van der Waals surface area contributed by atoms with Gasteiger partial charge < -0.3 is 14.2 Å². The molecule has 0 fully saturated rings. The normalized spacial score (nSPS) is 13.1. The molecule has 0 bridgehead atoms. The van der Waals surface area contributed by atoms with Crippen molar-refractivity contribution in [2.24, 2.45) is 0 Å². The van der Waals surface area contributed by atoms with Gasteiger partial charge in [0, 0.05) is 19.3 Å². The van der Waals surface area contributed by atoms with Crippen LogP contribution in [0, 0.1) is 0 Å². The molecule has 0 radical (unpaired) electrons. The van der Waals surface area contributed by atoms with Crippen LogP contribution in [-0.2, 0) is 28.6 Å². The lowest BCUT2D eigenvalue weighted by Gasteiger charge is -2.18. The zero-order valence-corrected chi connectivity index (χ0v) is 47.8. The number of allylic oxidation sites excluding steroid dienone is 22. The molecule has 0 saturated carbocycles. The highest BCUT2D eigenvalue weighted by molar-refractivity contribution is 5.71. The number of hydrogen-bond acceptors (Lipinski definition) is 6. The Labute approximate surface area is 455 Å². The van der Waals surface area contributed by atoms with E-state index in [0.717, 1.165) is 141 Å². The molecule has 418 valence electrons. The third-order valence-electron chi connectivity index (χ3n) is 12.4. The number of rotatable bonds is 53. The molecule has 6 nitrogen and oxygen atoms in total. The molecule has 0 aliphatic carbocycles. The monoisotopic (exact) mass is 1020 g/mol. The van der Waals surface area contributed by atoms with E-state index in [2.05, 4.69) is 154 Å². The Morgan fingerprint density at radius 2 is 0.527 bits per heavy atom. The maximum atomic E-state index is 12.9. The van der Waals surface area contributed by atoms with E-state index in [1.807, 2.05) is 0 Å². The number of carbonyl (C=O) groups excluding carboxylic acids is 3. The van der Waals surface area contributed by atoms with Gasteiger partial charge in [-0.15, -0.1) is 0 Å². The molecule has 0 rings (SSSR count). The van der Waals surface area contributed by atoms with Crippen molar-refractivity contribution in [3.8, 4) is 0 Å². The SMILES string of the molecule is CC/C=C\C/C=C\C/C=C\C/C=C\C/C=C\C/C=C\C/C=C\C/C=C\CCCCC(=O)OCC(COC(=O)CCCCCCCCCCCCCCCC)OC(=O)CCCCCCC/C=C\C/C=C\C/C=C\CC. The van der Waals surface area contributed by atoms with Crippen LogP contribution in [-0.4, -0.2) is 37.2 Å². The highest BCUT2D eigenvalue weighted by Gasteiger charge is 2.19. The fraction of sp³-hybridized carbons (Fsp3) is 0.632. The zero-order chi connectivity index (χ0) is 53.6. The highest BCUT2D eigenvalue weighted by Crippen LogP contribution is 2.15. The largest absolute Gasteiger partial charge is 0.462 e. The van der Waals surface area contributed by atoms with Crippen molar-refractivity contribution < 1.29 is 28.6 Å². The van der Waals surface area contributed by atoms with Gasteiger partial charge in [-0.05, 0) is 116 Å². The molecular weight excluding hydrogens is 913 g/mol. The summed E-state index contributed by atoms with van der Waals surface area (Å²) in [5.41, 5.74) is 0. The fourth-order valence-corrected chi connectivity index (χ4v) is 7.94. The third kappa shape index (κ3) is 58.4. The smallest absolute Gasteiger partial charge is 0.306 e. The van der Waals surface area contributed by atoms with Crippen LogP contribution in [0.4, 0.5) is 0 Å². The Morgan fingerprint density at radius 3 is 0.851 bits per heavy atom. The topological polar surface area (TPSA) is 78.9 Å². The summed E-state index contributed by atoms with van der Waals surface area (Å²) in [6.45, 7) is 6.36. The van der Waals surface area contributed by atoms with E-state index in [1.165, 1.54) is 70.6 Å². The van der Waals surface area contributed by atoms with Crippen molar-refractivity contribution in [3.05, 3.63) is 134 Å². The molecule has 0 heterocycles. The predicted octanol–water partition coefficient (Wildman–Crippen LogP) is 20.6. The molecule has 0 aromatic carbocycles. The number of unbranched alkanes of at least 4 members (excludes halogenated alkanes) is 20. The van der Waals surface area contributed by atoms with E-state index in [4.69, 9.17) is 14.2 Å². The van der Waals surface area contributed by atoms with Crippen LogP contribution in [0.3, 0.4) is 0 Å². The summed E-state index contributed by atoms with van der Waals surface area (Å²) in [4.78, 5) is 38.2. The quantitative estimate of drug-likeness (QED) is 0.0261. The first-order chi connectivity index (χ1) is 36.5. The second-order valence-corrected chi connectivity index (χ2v) is 19.5. The maximum absolute atomic E-state index is 12.9. The van der Waals surface area contributed by atoms with Gasteiger partial charge >= 0.3 is 17.9 Å². The lowest BCUT2D eigenvalue weighted by atomic mass is 10.0. The minimum absolute atomic E-state index is 0.101. The van der Waals surface area contributed by atoms with Gasteiger partial charge in [0.2, 0.25) is 0 Å². The molecule has 1 unspecified atom stereocenters. The fourth-order valence-electron chi connectivity index (χ4n) is 7.94. The average molecular weight is 1020 g/mol. The van der Waals surface area contributed by atoms with E-state index in [0.29, 0.717) is 25.7 Å². The molecule has 0 aliphatic heterocycles. The van der Waals surface area contributed by atoms with Crippen LogP contribution >= 0.6 is 0 Å². The van der Waals surface area contributed by atoms with Gasteiger partial charge in [0.05, 0.1) is 0 Å². The van der Waals surface area contributed by atoms with Crippen molar-refractivity contribution in [1.82, 2.24) is 0 Å². The summed E-state index contributed by atoms with van der Waals surface area (Å²) >= 11 is 0. The summed E-state index contributed by atoms with van der Waals surface area (Å²) in [5.74, 6) is -0.964. The van der Waals surface area contributed by atoms with Crippen LogP contribution in [0.5, 0.6) is 0 Å². The highest BCUT2D eigenvalue weighted by atomic mass is 16.6. The first-order valence-electron chi connectivity index (χ1n) is 30.2. The number of carbonyl (C=O) groups is 3. The Bertz CT molecular complexity index is 1600. The van der Waals surface area contributed by atoms with Crippen molar-refractivity contribution >= 4 is 17.9 Å². The summed E-state index contributed by atoms with van der Waals surface area (Å²) in [6, 6.07) is 0. The van der Waals surface area contributed by atoms with E-state index >= 15 is 0 Å². The van der Waals surface area contributed by atoms with Crippen molar-refractivity contribution in [3.63, 3.8) is 0 Å². The lowest BCUT2D eigenvalue weighted by Crippen LogP contribution is -2.30.